The van der Waals surface area contributed by atoms with E-state index in [-0.39, 0.29) is 0 Å². The maximum absolute atomic E-state index is 13.6. The van der Waals surface area contributed by atoms with Crippen molar-refractivity contribution in [2.24, 2.45) is 5.73 Å². The lowest BCUT2D eigenvalue weighted by Gasteiger charge is -2.27. The first-order chi connectivity index (χ1) is 21.5. The molecule has 4 N–H and O–H groups in total. The molecule has 11 heteroatoms. The minimum absolute atomic E-state index is 0.303. The van der Waals surface area contributed by atoms with Gasteiger partial charge in [0, 0.05) is 17.9 Å². The van der Waals surface area contributed by atoms with Gasteiger partial charge < -0.3 is 21.1 Å². The molecule has 0 bridgehead atoms. The van der Waals surface area contributed by atoms with Gasteiger partial charge in [-0.25, -0.2) is 4.68 Å². The predicted octanol–water partition coefficient (Wildman–Crippen LogP) is 5.26. The minimum Gasteiger partial charge on any atom is -0.484 e. The number of fused-ring (bicyclic) bond motifs is 1. The first-order valence-electron chi connectivity index (χ1n) is 14.1. The van der Waals surface area contributed by atoms with Crippen molar-refractivity contribution in [1.82, 2.24) is 20.4 Å². The molecule has 1 unspecified atom stereocenters. The van der Waals surface area contributed by atoms with Crippen LogP contribution in [0.1, 0.15) is 47.5 Å². The number of rotatable bonds is 11. The van der Waals surface area contributed by atoms with Gasteiger partial charge in [0.1, 0.15) is 17.9 Å². The molecule has 4 aromatic carbocycles. The molecule has 0 radical (unpaired) electrons. The highest BCUT2D eigenvalue weighted by molar-refractivity contribution is 5.98. The zero-order chi connectivity index (χ0) is 32.1. The molecular weight excluding hydrogens is 580 g/mol. The van der Waals surface area contributed by atoms with Crippen molar-refractivity contribution in [3.8, 4) is 11.4 Å². The summed E-state index contributed by atoms with van der Waals surface area (Å²) >= 11 is 0. The maximum atomic E-state index is 13.6. The number of benzene rings is 4. The first kappa shape index (κ1) is 30.9. The fourth-order valence-electron chi connectivity index (χ4n) is 4.90. The van der Waals surface area contributed by atoms with Gasteiger partial charge in [-0.1, -0.05) is 66.7 Å². The van der Waals surface area contributed by atoms with Crippen molar-refractivity contribution in [2.75, 3.05) is 0 Å². The summed E-state index contributed by atoms with van der Waals surface area (Å²) in [6.07, 6.45) is 0.869. The van der Waals surface area contributed by atoms with E-state index in [2.05, 4.69) is 15.7 Å². The fourth-order valence-corrected chi connectivity index (χ4v) is 4.90. The third-order valence-corrected chi connectivity index (χ3v) is 7.19. The number of hydrogen-bond donors (Lipinski definition) is 3. The monoisotopic (exact) mass is 611 g/mol. The van der Waals surface area contributed by atoms with Gasteiger partial charge in [-0.15, -0.1) is 0 Å². The molecule has 0 spiro atoms. The van der Waals surface area contributed by atoms with E-state index in [4.69, 9.17) is 10.5 Å². The van der Waals surface area contributed by atoms with Gasteiger partial charge in [0.15, 0.2) is 0 Å². The van der Waals surface area contributed by atoms with Crippen LogP contribution in [0.5, 0.6) is 5.75 Å². The normalized spacial score (nSPS) is 13.4. The van der Waals surface area contributed by atoms with Gasteiger partial charge in [-0.3, -0.25) is 14.4 Å². The molecule has 9 nitrogen and oxygen atoms in total. The van der Waals surface area contributed by atoms with Gasteiger partial charge in [0.2, 0.25) is 5.91 Å². The van der Waals surface area contributed by atoms with Crippen molar-refractivity contribution in [1.29, 1.82) is 0 Å². The number of aromatic nitrogens is 2. The number of amides is 3. The van der Waals surface area contributed by atoms with E-state index in [9.17, 15) is 23.2 Å². The second-order valence-corrected chi connectivity index (χ2v) is 10.6. The summed E-state index contributed by atoms with van der Waals surface area (Å²) in [7, 11) is 0. The van der Waals surface area contributed by atoms with Crippen LogP contribution >= 0.6 is 0 Å². The van der Waals surface area contributed by atoms with Crippen LogP contribution in [-0.4, -0.2) is 39.5 Å². The van der Waals surface area contributed by atoms with Crippen molar-refractivity contribution >= 4 is 28.6 Å². The van der Waals surface area contributed by atoms with E-state index in [1.54, 1.807) is 115 Å². The first-order valence-corrected chi connectivity index (χ1v) is 14.1. The Morgan fingerprint density at radius 3 is 2.18 bits per heavy atom. The van der Waals surface area contributed by atoms with E-state index in [0.717, 1.165) is 0 Å². The molecule has 5 rings (SSSR count). The molecule has 45 heavy (non-hydrogen) atoms. The number of carbonyl (C=O) groups is 3. The quantitative estimate of drug-likeness (QED) is 0.188. The van der Waals surface area contributed by atoms with E-state index in [0.29, 0.717) is 46.0 Å². The molecule has 230 valence electrons. The molecule has 1 aromatic heterocycles. The molecule has 0 aliphatic heterocycles. The van der Waals surface area contributed by atoms with Crippen LogP contribution in [-0.2, 0) is 9.59 Å². The van der Waals surface area contributed by atoms with Crippen molar-refractivity contribution in [3.05, 3.63) is 126 Å². The van der Waals surface area contributed by atoms with Crippen LogP contribution in [0.3, 0.4) is 0 Å². The standard InChI is InChI=1S/C34H31F2N5O4/c1-21(39-33(44)34(2,35)36)30(23-12-7-4-8-13-23)45-27-16-17-28-25(19-27)20-38-41(28)26-15-9-14-24(18-26)32(43)40-29(31(37)42)22-10-5-3-6-11-22/h3-21,29-30H,1-2H3,(H2,37,42)(H,39,44)(H,40,43)/t21-,29+,30?/m0/s1. The van der Waals surface area contributed by atoms with Crippen LogP contribution in [0.15, 0.2) is 109 Å². The van der Waals surface area contributed by atoms with Gasteiger partial charge in [0.05, 0.1) is 23.4 Å². The number of primary amides is 1. The zero-order valence-electron chi connectivity index (χ0n) is 24.5. The van der Waals surface area contributed by atoms with E-state index >= 15 is 0 Å². The Balaban J connectivity index is 1.38. The second kappa shape index (κ2) is 13.0. The number of halogens is 2. The summed E-state index contributed by atoms with van der Waals surface area (Å²) in [6, 6.07) is 28.0. The van der Waals surface area contributed by atoms with Gasteiger partial charge >= 0.3 is 5.92 Å². The number of nitrogens with one attached hydrogen (secondary N) is 2. The minimum atomic E-state index is -3.54. The highest BCUT2D eigenvalue weighted by Gasteiger charge is 2.35. The Kier molecular flexibility index (Phi) is 8.89. The summed E-state index contributed by atoms with van der Waals surface area (Å²) in [5.41, 5.74) is 8.45. The average molecular weight is 612 g/mol. The molecule has 0 saturated carbocycles. The molecule has 0 aliphatic rings. The summed E-state index contributed by atoms with van der Waals surface area (Å²) < 4.78 is 35.1. The van der Waals surface area contributed by atoms with Crippen molar-refractivity contribution in [3.63, 3.8) is 0 Å². The van der Waals surface area contributed by atoms with Crippen LogP contribution in [0, 0.1) is 0 Å². The Morgan fingerprint density at radius 1 is 0.867 bits per heavy atom. The molecular formula is C34H31F2N5O4. The van der Waals surface area contributed by atoms with Crippen LogP contribution in [0.4, 0.5) is 8.78 Å². The molecule has 1 heterocycles. The maximum Gasteiger partial charge on any atom is 0.321 e. The number of ether oxygens (including phenoxy) is 1. The topological polar surface area (TPSA) is 128 Å². The predicted molar refractivity (Wildman–Crippen MR) is 165 cm³/mol. The number of hydrogen-bond acceptors (Lipinski definition) is 5. The number of carbonyl (C=O) groups excluding carboxylic acids is 3. The van der Waals surface area contributed by atoms with E-state index in [1.165, 1.54) is 0 Å². The van der Waals surface area contributed by atoms with Crippen molar-refractivity contribution < 1.29 is 27.9 Å². The number of nitrogens with two attached hydrogens (primary N) is 1. The van der Waals surface area contributed by atoms with Gasteiger partial charge in [0.25, 0.3) is 11.8 Å². The van der Waals surface area contributed by atoms with Crippen LogP contribution in [0.2, 0.25) is 0 Å². The zero-order valence-corrected chi connectivity index (χ0v) is 24.5. The largest absolute Gasteiger partial charge is 0.484 e. The summed E-state index contributed by atoms with van der Waals surface area (Å²) in [4.78, 5) is 37.2. The molecule has 0 fully saturated rings. The highest BCUT2D eigenvalue weighted by Crippen LogP contribution is 2.29. The Labute approximate surface area is 258 Å². The lowest BCUT2D eigenvalue weighted by atomic mass is 10.0. The van der Waals surface area contributed by atoms with Crippen LogP contribution in [0.25, 0.3) is 16.6 Å². The lowest BCUT2D eigenvalue weighted by Crippen LogP contribution is -2.46. The average Bonchev–Trinajstić information content (AvgIpc) is 3.46. The van der Waals surface area contributed by atoms with Gasteiger partial charge in [-0.2, -0.15) is 13.9 Å². The van der Waals surface area contributed by atoms with Crippen molar-refractivity contribution in [2.45, 2.75) is 38.0 Å². The third-order valence-electron chi connectivity index (χ3n) is 7.19. The smallest absolute Gasteiger partial charge is 0.321 e. The van der Waals surface area contributed by atoms with E-state index in [1.807, 2.05) is 6.07 Å². The summed E-state index contributed by atoms with van der Waals surface area (Å²) in [5, 5.41) is 10.3. The Hall–Kier alpha value is -5.58. The van der Waals surface area contributed by atoms with Gasteiger partial charge in [-0.05, 0) is 54.4 Å². The fraction of sp³-hybridized carbons (Fsp3) is 0.176. The molecule has 0 aliphatic carbocycles. The number of alkyl halides is 2. The Morgan fingerprint density at radius 2 is 1.53 bits per heavy atom. The molecule has 3 atom stereocenters. The van der Waals surface area contributed by atoms with E-state index < -0.39 is 41.8 Å². The molecule has 0 saturated heterocycles. The lowest BCUT2D eigenvalue weighted by molar-refractivity contribution is -0.144. The van der Waals surface area contributed by atoms with Crippen LogP contribution < -0.4 is 21.1 Å². The number of nitrogens with zero attached hydrogens (tertiary/aromatic N) is 2. The Bertz CT molecular complexity index is 1820. The SMILES string of the molecule is C[C@H](NC(=O)C(C)(F)F)C(Oc1ccc2c(cnn2-c2cccc(C(=O)N[C@@H](C(N)=O)c3ccccc3)c2)c1)c1ccccc1. The summed E-state index contributed by atoms with van der Waals surface area (Å²) in [5.74, 6) is -5.65. The molecule has 5 aromatic rings. The second-order valence-electron chi connectivity index (χ2n) is 10.6. The highest BCUT2D eigenvalue weighted by atomic mass is 19.3. The molecule has 3 amide bonds. The summed E-state index contributed by atoms with van der Waals surface area (Å²) in [6.45, 7) is 2.15. The third kappa shape index (κ3) is 7.15.